The van der Waals surface area contributed by atoms with Crippen LogP contribution >= 0.6 is 0 Å². The van der Waals surface area contributed by atoms with E-state index >= 15 is 0 Å². The smallest absolute Gasteiger partial charge is 0.284 e. The maximum atomic E-state index is 12.3. The van der Waals surface area contributed by atoms with Gasteiger partial charge in [0.2, 0.25) is 46.0 Å². The Morgan fingerprint density at radius 2 is 0.833 bits per heavy atom. The Bertz CT molecular complexity index is 1640. The first-order valence-corrected chi connectivity index (χ1v) is 9.77. The minimum absolute atomic E-state index is 0.0271. The van der Waals surface area contributed by atoms with E-state index in [4.69, 9.17) is 27.8 Å². The number of hydrogen-bond acceptors (Lipinski definition) is 20. The quantitative estimate of drug-likeness (QED) is 0.258. The molecule has 0 fully saturated rings. The highest BCUT2D eigenvalue weighted by Gasteiger charge is 2.44. The third kappa shape index (κ3) is 2.18. The minimum atomic E-state index is -0.0933. The maximum Gasteiger partial charge on any atom is 0.284 e. The highest BCUT2D eigenvalue weighted by atomic mass is 16.8. The van der Waals surface area contributed by atoms with Crippen LogP contribution in [0.3, 0.4) is 0 Å². The van der Waals surface area contributed by atoms with Gasteiger partial charge < -0.3 is 10.4 Å². The third-order valence-electron chi connectivity index (χ3n) is 5.58. The normalized spacial score (nSPS) is 13.3. The van der Waals surface area contributed by atoms with Crippen molar-refractivity contribution in [3.05, 3.63) is 10.4 Å². The lowest BCUT2D eigenvalue weighted by molar-refractivity contribution is -0.793. The summed E-state index contributed by atoms with van der Waals surface area (Å²) in [6.45, 7) is 0.112. The minimum Gasteiger partial charge on any atom is -0.359 e. The van der Waals surface area contributed by atoms with Crippen LogP contribution in [0.25, 0.3) is 45.6 Å². The van der Waals surface area contributed by atoms with E-state index in [2.05, 4.69) is 51.6 Å². The zero-order valence-electron chi connectivity index (χ0n) is 16.9. The number of anilines is 4. The van der Waals surface area contributed by atoms with Crippen LogP contribution in [0, 0.1) is 10.4 Å². The average Bonchev–Trinajstić information content (AvgIpc) is 3.69. The zero-order valence-corrected chi connectivity index (χ0v) is 16.9. The average molecular weight is 496 g/mol. The van der Waals surface area contributed by atoms with E-state index in [1.165, 1.54) is 9.80 Å². The Hall–Kier alpha value is -5.96. The summed E-state index contributed by atoms with van der Waals surface area (Å²) < 4.78 is 29.0. The fraction of sp³-hybridized carbons (Fsp3) is 0.143. The lowest BCUT2D eigenvalue weighted by atomic mass is 10.2. The second-order valence-corrected chi connectivity index (χ2v) is 7.30. The summed E-state index contributed by atoms with van der Waals surface area (Å²) in [6.07, 6.45) is 0. The Kier molecular flexibility index (Phi) is 3.25. The molecule has 0 saturated carbocycles. The van der Waals surface area contributed by atoms with Crippen molar-refractivity contribution in [2.45, 2.75) is 0 Å². The molecule has 0 radical (unpaired) electrons. The molecule has 22 nitrogen and oxygen atoms in total. The molecule has 6 aromatic rings. The van der Waals surface area contributed by atoms with E-state index < -0.39 is 0 Å². The van der Waals surface area contributed by atoms with Gasteiger partial charge in [-0.1, -0.05) is 0 Å². The van der Waals surface area contributed by atoms with E-state index in [9.17, 15) is 10.4 Å². The van der Waals surface area contributed by atoms with Gasteiger partial charge in [-0.3, -0.25) is 19.1 Å². The fourth-order valence-electron chi connectivity index (χ4n) is 4.07. The van der Waals surface area contributed by atoms with Crippen LogP contribution in [0.1, 0.15) is 0 Å². The molecular formula is C14H4N14O8. The second-order valence-electron chi connectivity index (χ2n) is 7.30. The molecule has 0 atom stereocenters. The van der Waals surface area contributed by atoms with Gasteiger partial charge in [-0.15, -0.1) is 0 Å². The van der Waals surface area contributed by atoms with Gasteiger partial charge in [-0.2, -0.15) is 0 Å². The molecule has 0 spiro atoms. The van der Waals surface area contributed by atoms with Crippen LogP contribution in [0.5, 0.6) is 0 Å². The molecule has 0 saturated heterocycles. The Balaban J connectivity index is 1.24. The summed E-state index contributed by atoms with van der Waals surface area (Å²) in [5.41, 5.74) is 0.133. The molecule has 2 aliphatic rings. The number of fused-ring (bicyclic) bond motifs is 10. The first-order chi connectivity index (χ1) is 17.7. The first-order valence-electron chi connectivity index (χ1n) is 9.77. The molecule has 178 valence electrons. The van der Waals surface area contributed by atoms with Crippen molar-refractivity contribution in [2.75, 3.05) is 22.9 Å². The van der Waals surface area contributed by atoms with Crippen LogP contribution in [0.4, 0.5) is 23.3 Å². The summed E-state index contributed by atoms with van der Waals surface area (Å²) in [4.78, 5) is 3.31. The zero-order chi connectivity index (χ0) is 24.0. The third-order valence-corrected chi connectivity index (χ3v) is 5.58. The monoisotopic (exact) mass is 496 g/mol. The number of rotatable bonds is 3. The maximum absolute atomic E-state index is 12.3. The molecule has 0 amide bonds. The van der Waals surface area contributed by atoms with E-state index in [-0.39, 0.29) is 91.7 Å². The van der Waals surface area contributed by atoms with Crippen LogP contribution < -0.4 is 19.6 Å². The summed E-state index contributed by atoms with van der Waals surface area (Å²) in [7, 11) is 0. The highest BCUT2D eigenvalue weighted by molar-refractivity contribution is 5.90. The number of hydrogen-bond donors (Lipinski definition) is 0. The standard InChI is InChI=1S/C14H4N14O8/c29-27-9-3(19-35-27)5-11(21-31-15-5)25(13-7(9)17-33-23-13)1-2-26-12-6(16-32-22-12)4-10(28(30)36-20-4)8-14(26)24-34-18-8/h1-2H2. The van der Waals surface area contributed by atoms with Gasteiger partial charge in [0.05, 0.1) is 0 Å². The SMILES string of the molecule is [O-][n+]1onc2c1-c1nonc1N(CCN1c3nonc3-c3no[n+]([O-])c3-c3nonc31)c1nonc1-2. The second kappa shape index (κ2) is 6.33. The molecule has 6 aromatic heterocycles. The van der Waals surface area contributed by atoms with Gasteiger partial charge in [0, 0.05) is 23.4 Å². The molecule has 8 heterocycles. The Morgan fingerprint density at radius 3 is 1.25 bits per heavy atom. The van der Waals surface area contributed by atoms with Gasteiger partial charge in [0.1, 0.15) is 0 Å². The van der Waals surface area contributed by atoms with Crippen molar-refractivity contribution in [1.29, 1.82) is 0 Å². The summed E-state index contributed by atoms with van der Waals surface area (Å²) >= 11 is 0. The Morgan fingerprint density at radius 1 is 0.472 bits per heavy atom. The molecular weight excluding hydrogens is 492 g/mol. The number of aromatic nitrogens is 12. The fourth-order valence-corrected chi connectivity index (χ4v) is 4.07. The van der Waals surface area contributed by atoms with Crippen LogP contribution in [0.2, 0.25) is 0 Å². The van der Waals surface area contributed by atoms with Gasteiger partial charge in [0.15, 0.2) is 0 Å². The van der Waals surface area contributed by atoms with E-state index in [0.29, 0.717) is 0 Å². The van der Waals surface area contributed by atoms with Crippen LogP contribution in [-0.4, -0.2) is 64.7 Å². The first kappa shape index (κ1) is 18.5. The summed E-state index contributed by atoms with van der Waals surface area (Å²) in [6, 6.07) is 0. The van der Waals surface area contributed by atoms with Gasteiger partial charge >= 0.3 is 0 Å². The summed E-state index contributed by atoms with van der Waals surface area (Å²) in [5.74, 6) is 0.475. The van der Waals surface area contributed by atoms with Gasteiger partial charge in [-0.25, -0.2) is 18.5 Å². The van der Waals surface area contributed by atoms with Gasteiger partial charge in [-0.05, 0) is 51.1 Å². The summed E-state index contributed by atoms with van der Waals surface area (Å²) in [5, 5.41) is 63.0. The lowest BCUT2D eigenvalue weighted by Crippen LogP contribution is -2.32. The predicted octanol–water partition coefficient (Wildman–Crippen LogP) is -1.27. The van der Waals surface area contributed by atoms with Crippen molar-refractivity contribution in [1.82, 2.24) is 51.6 Å². The van der Waals surface area contributed by atoms with Crippen molar-refractivity contribution in [3.63, 3.8) is 0 Å². The molecule has 0 unspecified atom stereocenters. The van der Waals surface area contributed by atoms with E-state index in [0.717, 1.165) is 0 Å². The molecule has 8 rings (SSSR count). The molecule has 0 bridgehead atoms. The molecule has 0 aliphatic carbocycles. The molecule has 0 aromatic carbocycles. The van der Waals surface area contributed by atoms with E-state index in [1.807, 2.05) is 0 Å². The van der Waals surface area contributed by atoms with Crippen molar-refractivity contribution < 1.29 is 37.6 Å². The molecule has 22 heteroatoms. The highest BCUT2D eigenvalue weighted by Crippen LogP contribution is 2.44. The predicted molar refractivity (Wildman–Crippen MR) is 98.1 cm³/mol. The van der Waals surface area contributed by atoms with Crippen LogP contribution in [-0.2, 0) is 0 Å². The van der Waals surface area contributed by atoms with Crippen LogP contribution in [0.15, 0.2) is 27.8 Å². The van der Waals surface area contributed by atoms with Crippen molar-refractivity contribution in [3.8, 4) is 45.6 Å². The Labute approximate surface area is 192 Å². The molecule has 36 heavy (non-hydrogen) atoms. The lowest BCUT2D eigenvalue weighted by Gasteiger charge is -2.23. The number of nitrogens with zero attached hydrogens (tertiary/aromatic N) is 14. The topological polar surface area (TPSA) is 268 Å². The largest absolute Gasteiger partial charge is 0.359 e. The van der Waals surface area contributed by atoms with Crippen molar-refractivity contribution >= 4 is 23.3 Å². The molecule has 2 aliphatic heterocycles. The van der Waals surface area contributed by atoms with Gasteiger partial charge in [0.25, 0.3) is 22.8 Å². The van der Waals surface area contributed by atoms with E-state index in [1.54, 1.807) is 0 Å². The molecule has 0 N–H and O–H groups in total. The van der Waals surface area contributed by atoms with Crippen molar-refractivity contribution in [2.24, 2.45) is 0 Å².